The van der Waals surface area contributed by atoms with Crippen LogP contribution in [-0.2, 0) is 0 Å². The molecule has 5 rings (SSSR count). The highest BCUT2D eigenvalue weighted by atomic mass is 16.5. The van der Waals surface area contributed by atoms with Crippen molar-refractivity contribution in [3.8, 4) is 16.9 Å². The highest BCUT2D eigenvalue weighted by Crippen LogP contribution is 2.49. The van der Waals surface area contributed by atoms with E-state index in [1.165, 1.54) is 27.8 Å². The van der Waals surface area contributed by atoms with Gasteiger partial charge in [0.05, 0.1) is 5.54 Å². The minimum atomic E-state index is -0.0699. The van der Waals surface area contributed by atoms with E-state index in [-0.39, 0.29) is 5.54 Å². The molecular weight excluding hydrogens is 354 g/mol. The molecule has 29 heavy (non-hydrogen) atoms. The van der Waals surface area contributed by atoms with Gasteiger partial charge in [-0.25, -0.2) is 0 Å². The second-order valence-corrected chi connectivity index (χ2v) is 8.60. The summed E-state index contributed by atoms with van der Waals surface area (Å²) in [6, 6.07) is 21.3. The third-order valence-corrected chi connectivity index (χ3v) is 5.65. The number of aryl methyl sites for hydroxylation is 1. The Morgan fingerprint density at radius 3 is 2.38 bits per heavy atom. The van der Waals surface area contributed by atoms with Crippen molar-refractivity contribution in [3.05, 3.63) is 89.0 Å². The molecule has 3 aromatic carbocycles. The molecule has 2 heteroatoms. The van der Waals surface area contributed by atoms with Crippen LogP contribution in [0.3, 0.4) is 0 Å². The molecule has 0 aliphatic carbocycles. The lowest BCUT2D eigenvalue weighted by molar-refractivity contribution is 0.514. The highest BCUT2D eigenvalue weighted by molar-refractivity contribution is 6.00. The zero-order chi connectivity index (χ0) is 20.2. The molecule has 0 amide bonds. The molecule has 0 saturated carbocycles. The molecule has 0 saturated heterocycles. The Morgan fingerprint density at radius 2 is 1.59 bits per heavy atom. The van der Waals surface area contributed by atoms with Gasteiger partial charge in [0.25, 0.3) is 0 Å². The predicted octanol–water partition coefficient (Wildman–Crippen LogP) is 7.16. The first-order valence-electron chi connectivity index (χ1n) is 10.1. The molecule has 0 fully saturated rings. The van der Waals surface area contributed by atoms with E-state index < -0.39 is 0 Å². The van der Waals surface area contributed by atoms with Crippen LogP contribution in [0.25, 0.3) is 28.5 Å². The number of ether oxygens (including phenoxy) is 1. The second-order valence-electron chi connectivity index (χ2n) is 8.60. The maximum atomic E-state index is 6.47. The summed E-state index contributed by atoms with van der Waals surface area (Å²) in [6.07, 6.45) is 4.46. The number of allylic oxidation sites excluding steroid dienone is 1. The van der Waals surface area contributed by atoms with Gasteiger partial charge in [0.2, 0.25) is 0 Å². The SMILES string of the molecule is CC1=CC(C)(C)Nc2ccc3c(c21)/C(=C/c1ccc(C)cc1)Oc1ccccc1-3. The molecule has 0 bridgehead atoms. The normalized spacial score (nSPS) is 17.4. The molecule has 3 aromatic rings. The topological polar surface area (TPSA) is 21.3 Å². The van der Waals surface area contributed by atoms with Crippen LogP contribution in [0.2, 0.25) is 0 Å². The summed E-state index contributed by atoms with van der Waals surface area (Å²) in [7, 11) is 0. The summed E-state index contributed by atoms with van der Waals surface area (Å²) < 4.78 is 6.47. The summed E-state index contributed by atoms with van der Waals surface area (Å²) in [6.45, 7) is 8.71. The van der Waals surface area contributed by atoms with Crippen LogP contribution in [0.15, 0.2) is 66.7 Å². The van der Waals surface area contributed by atoms with E-state index >= 15 is 0 Å². The van der Waals surface area contributed by atoms with Gasteiger partial charge in [-0.1, -0.05) is 60.2 Å². The van der Waals surface area contributed by atoms with E-state index in [2.05, 4.69) is 93.7 Å². The van der Waals surface area contributed by atoms with Crippen LogP contribution >= 0.6 is 0 Å². The number of anilines is 1. The standard InChI is InChI=1S/C27H25NO/c1-17-9-11-19(12-10-17)15-24-26-21(20-7-5-6-8-23(20)29-24)13-14-22-25(26)18(2)16-27(3,4)28-22/h5-16,28H,1-4H3/b24-15-. The summed E-state index contributed by atoms with van der Waals surface area (Å²) in [5.74, 6) is 1.80. The minimum Gasteiger partial charge on any atom is -0.456 e. The number of hydrogen-bond donors (Lipinski definition) is 1. The average Bonchev–Trinajstić information content (AvgIpc) is 2.68. The molecule has 0 atom stereocenters. The smallest absolute Gasteiger partial charge is 0.136 e. The van der Waals surface area contributed by atoms with Crippen molar-refractivity contribution in [2.24, 2.45) is 0 Å². The van der Waals surface area contributed by atoms with Crippen molar-refractivity contribution < 1.29 is 4.74 Å². The Hall–Kier alpha value is -3.26. The average molecular weight is 380 g/mol. The molecule has 144 valence electrons. The summed E-state index contributed by atoms with van der Waals surface area (Å²) in [5, 5.41) is 3.67. The summed E-state index contributed by atoms with van der Waals surface area (Å²) in [4.78, 5) is 0. The molecule has 2 heterocycles. The molecule has 0 spiro atoms. The van der Waals surface area contributed by atoms with Crippen molar-refractivity contribution in [1.29, 1.82) is 0 Å². The van der Waals surface area contributed by atoms with E-state index in [0.717, 1.165) is 28.3 Å². The van der Waals surface area contributed by atoms with Gasteiger partial charge in [-0.3, -0.25) is 0 Å². The van der Waals surface area contributed by atoms with E-state index in [4.69, 9.17) is 4.74 Å². The number of hydrogen-bond acceptors (Lipinski definition) is 2. The quantitative estimate of drug-likeness (QED) is 0.484. The lowest BCUT2D eigenvalue weighted by Gasteiger charge is -2.35. The maximum Gasteiger partial charge on any atom is 0.136 e. The van der Waals surface area contributed by atoms with Gasteiger partial charge in [-0.05, 0) is 62.6 Å². The van der Waals surface area contributed by atoms with Crippen LogP contribution < -0.4 is 10.1 Å². The lowest BCUT2D eigenvalue weighted by Crippen LogP contribution is -2.32. The Labute approximate surface area is 172 Å². The Bertz CT molecular complexity index is 1180. The fourth-order valence-electron chi connectivity index (χ4n) is 4.46. The van der Waals surface area contributed by atoms with Gasteiger partial charge in [-0.15, -0.1) is 0 Å². The van der Waals surface area contributed by atoms with Gasteiger partial charge in [0.1, 0.15) is 11.5 Å². The largest absolute Gasteiger partial charge is 0.456 e. The number of nitrogens with one attached hydrogen (secondary N) is 1. The van der Waals surface area contributed by atoms with Crippen molar-refractivity contribution in [3.63, 3.8) is 0 Å². The molecule has 2 nitrogen and oxygen atoms in total. The maximum absolute atomic E-state index is 6.47. The number of benzene rings is 3. The van der Waals surface area contributed by atoms with Gasteiger partial charge < -0.3 is 10.1 Å². The van der Waals surface area contributed by atoms with Crippen molar-refractivity contribution >= 4 is 23.1 Å². The van der Waals surface area contributed by atoms with Crippen LogP contribution in [0.5, 0.6) is 5.75 Å². The number of rotatable bonds is 1. The first kappa shape index (κ1) is 17.8. The monoisotopic (exact) mass is 379 g/mol. The summed E-state index contributed by atoms with van der Waals surface area (Å²) in [5.41, 5.74) is 9.52. The van der Waals surface area contributed by atoms with Crippen LogP contribution in [-0.4, -0.2) is 5.54 Å². The fourth-order valence-corrected chi connectivity index (χ4v) is 4.46. The third kappa shape index (κ3) is 3.05. The molecule has 0 unspecified atom stereocenters. The van der Waals surface area contributed by atoms with Gasteiger partial charge in [-0.2, -0.15) is 0 Å². The molecule has 0 radical (unpaired) electrons. The molecule has 2 aliphatic rings. The van der Waals surface area contributed by atoms with Gasteiger partial charge >= 0.3 is 0 Å². The molecule has 0 aromatic heterocycles. The van der Waals surface area contributed by atoms with Crippen LogP contribution in [0.4, 0.5) is 5.69 Å². The number of fused-ring (bicyclic) bond motifs is 5. The first-order chi connectivity index (χ1) is 13.9. The van der Waals surface area contributed by atoms with Gasteiger partial charge in [0, 0.05) is 22.4 Å². The van der Waals surface area contributed by atoms with Crippen molar-refractivity contribution in [2.75, 3.05) is 5.32 Å². The fraction of sp³-hybridized carbons (Fsp3) is 0.185. The molecule has 2 aliphatic heterocycles. The van der Waals surface area contributed by atoms with E-state index in [0.29, 0.717) is 0 Å². The van der Waals surface area contributed by atoms with Gasteiger partial charge in [0.15, 0.2) is 0 Å². The lowest BCUT2D eigenvalue weighted by atomic mass is 9.83. The number of para-hydroxylation sites is 1. The minimum absolute atomic E-state index is 0.0699. The third-order valence-electron chi connectivity index (χ3n) is 5.65. The van der Waals surface area contributed by atoms with E-state index in [9.17, 15) is 0 Å². The summed E-state index contributed by atoms with van der Waals surface area (Å²) >= 11 is 0. The Morgan fingerprint density at radius 1 is 0.828 bits per heavy atom. The Kier molecular flexibility index (Phi) is 3.92. The molecular formula is C27H25NO. The van der Waals surface area contributed by atoms with Crippen LogP contribution in [0.1, 0.15) is 43.0 Å². The highest BCUT2D eigenvalue weighted by Gasteiger charge is 2.30. The van der Waals surface area contributed by atoms with Crippen molar-refractivity contribution in [1.82, 2.24) is 0 Å². The zero-order valence-electron chi connectivity index (χ0n) is 17.3. The van der Waals surface area contributed by atoms with E-state index in [1.54, 1.807) is 0 Å². The van der Waals surface area contributed by atoms with E-state index in [1.807, 2.05) is 12.1 Å². The molecule has 1 N–H and O–H groups in total. The van der Waals surface area contributed by atoms with Crippen LogP contribution in [0, 0.1) is 6.92 Å². The van der Waals surface area contributed by atoms with Crippen molar-refractivity contribution in [2.45, 2.75) is 33.2 Å². The second kappa shape index (κ2) is 6.38. The Balaban J connectivity index is 1.78. The first-order valence-corrected chi connectivity index (χ1v) is 10.1. The predicted molar refractivity (Wildman–Crippen MR) is 123 cm³/mol. The zero-order valence-corrected chi connectivity index (χ0v) is 17.3.